The zero-order valence-electron chi connectivity index (χ0n) is 11.2. The smallest absolute Gasteiger partial charge is 0.133 e. The maximum atomic E-state index is 13.7. The second-order valence-electron chi connectivity index (χ2n) is 4.65. The Morgan fingerprint density at radius 2 is 2.00 bits per heavy atom. The monoisotopic (exact) mass is 259 g/mol. The van der Waals surface area contributed by atoms with Crippen molar-refractivity contribution in [2.24, 2.45) is 5.73 Å². The average Bonchev–Trinajstić information content (AvgIpc) is 2.41. The second-order valence-corrected chi connectivity index (χ2v) is 4.65. The Kier molecular flexibility index (Phi) is 4.12. The molecule has 0 aliphatic rings. The number of nitrogens with zero attached hydrogens (tertiary/aromatic N) is 2. The Bertz CT molecular complexity index is 555. The van der Waals surface area contributed by atoms with Crippen LogP contribution in [-0.2, 0) is 6.54 Å². The van der Waals surface area contributed by atoms with E-state index in [4.69, 9.17) is 5.73 Å². The maximum absolute atomic E-state index is 13.7. The number of benzene rings is 1. The van der Waals surface area contributed by atoms with Gasteiger partial charge >= 0.3 is 0 Å². The first-order chi connectivity index (χ1) is 9.09. The van der Waals surface area contributed by atoms with Gasteiger partial charge in [-0.3, -0.25) is 0 Å². The van der Waals surface area contributed by atoms with Crippen molar-refractivity contribution >= 4 is 5.82 Å². The lowest BCUT2D eigenvalue weighted by Crippen LogP contribution is -2.22. The molecule has 0 saturated heterocycles. The number of rotatable bonds is 4. The van der Waals surface area contributed by atoms with E-state index < -0.39 is 0 Å². The summed E-state index contributed by atoms with van der Waals surface area (Å²) < 4.78 is 13.7. The molecule has 1 aromatic heterocycles. The second kappa shape index (κ2) is 5.80. The first-order valence-electron chi connectivity index (χ1n) is 6.24. The van der Waals surface area contributed by atoms with Crippen LogP contribution in [0.5, 0.6) is 0 Å². The van der Waals surface area contributed by atoms with Crippen LogP contribution in [0.4, 0.5) is 10.2 Å². The summed E-state index contributed by atoms with van der Waals surface area (Å²) in [6.45, 7) is 2.38. The van der Waals surface area contributed by atoms with Crippen LogP contribution < -0.4 is 10.6 Å². The molecular formula is C15H18FN3. The SMILES string of the molecule is C[C@H](N)c1cccnc1N(C)Cc1ccccc1F. The molecule has 0 bridgehead atoms. The number of halogens is 1. The molecule has 1 heterocycles. The lowest BCUT2D eigenvalue weighted by atomic mass is 10.1. The summed E-state index contributed by atoms with van der Waals surface area (Å²) in [6.07, 6.45) is 1.72. The van der Waals surface area contributed by atoms with Gasteiger partial charge in [-0.25, -0.2) is 9.37 Å². The third-order valence-electron chi connectivity index (χ3n) is 3.03. The van der Waals surface area contributed by atoms with Gasteiger partial charge in [0.05, 0.1) is 0 Å². The third kappa shape index (κ3) is 3.09. The summed E-state index contributed by atoms with van der Waals surface area (Å²) >= 11 is 0. The molecule has 0 aliphatic carbocycles. The lowest BCUT2D eigenvalue weighted by molar-refractivity contribution is 0.607. The number of aromatic nitrogens is 1. The van der Waals surface area contributed by atoms with Crippen molar-refractivity contribution in [2.45, 2.75) is 19.5 Å². The van der Waals surface area contributed by atoms with Crippen molar-refractivity contribution in [3.8, 4) is 0 Å². The highest BCUT2D eigenvalue weighted by atomic mass is 19.1. The molecule has 19 heavy (non-hydrogen) atoms. The largest absolute Gasteiger partial charge is 0.355 e. The molecular weight excluding hydrogens is 241 g/mol. The normalized spacial score (nSPS) is 12.2. The Labute approximate surface area is 112 Å². The fourth-order valence-corrected chi connectivity index (χ4v) is 2.04. The zero-order valence-corrected chi connectivity index (χ0v) is 11.2. The number of anilines is 1. The van der Waals surface area contributed by atoms with E-state index in [2.05, 4.69) is 4.98 Å². The van der Waals surface area contributed by atoms with E-state index in [9.17, 15) is 4.39 Å². The summed E-state index contributed by atoms with van der Waals surface area (Å²) in [6, 6.07) is 10.5. The minimum absolute atomic E-state index is 0.105. The van der Waals surface area contributed by atoms with Crippen LogP contribution in [0.25, 0.3) is 0 Å². The van der Waals surface area contributed by atoms with Gasteiger partial charge in [0.1, 0.15) is 11.6 Å². The summed E-state index contributed by atoms with van der Waals surface area (Å²) in [5, 5.41) is 0. The molecule has 2 rings (SSSR count). The first-order valence-corrected chi connectivity index (χ1v) is 6.24. The van der Waals surface area contributed by atoms with E-state index >= 15 is 0 Å². The third-order valence-corrected chi connectivity index (χ3v) is 3.03. The van der Waals surface area contributed by atoms with Crippen molar-refractivity contribution in [2.75, 3.05) is 11.9 Å². The highest BCUT2D eigenvalue weighted by molar-refractivity contribution is 5.48. The van der Waals surface area contributed by atoms with E-state index in [1.807, 2.05) is 37.1 Å². The van der Waals surface area contributed by atoms with E-state index in [-0.39, 0.29) is 11.9 Å². The Morgan fingerprint density at radius 1 is 1.26 bits per heavy atom. The number of hydrogen-bond donors (Lipinski definition) is 1. The molecule has 4 heteroatoms. The van der Waals surface area contributed by atoms with Crippen LogP contribution in [0.3, 0.4) is 0 Å². The summed E-state index contributed by atoms with van der Waals surface area (Å²) in [5.41, 5.74) is 7.54. The topological polar surface area (TPSA) is 42.1 Å². The highest BCUT2D eigenvalue weighted by Gasteiger charge is 2.13. The average molecular weight is 259 g/mol. The molecule has 1 atom stereocenters. The Morgan fingerprint density at radius 3 is 2.68 bits per heavy atom. The quantitative estimate of drug-likeness (QED) is 0.918. The number of nitrogens with two attached hydrogens (primary N) is 1. The van der Waals surface area contributed by atoms with Gasteiger partial charge in [-0.2, -0.15) is 0 Å². The van der Waals surface area contributed by atoms with Crippen LogP contribution in [0, 0.1) is 5.82 Å². The first kappa shape index (κ1) is 13.5. The number of pyridine rings is 1. The fourth-order valence-electron chi connectivity index (χ4n) is 2.04. The Hall–Kier alpha value is -1.94. The van der Waals surface area contributed by atoms with Gasteiger partial charge in [0.25, 0.3) is 0 Å². The van der Waals surface area contributed by atoms with Gasteiger partial charge in [0, 0.05) is 37.0 Å². The van der Waals surface area contributed by atoms with Crippen molar-refractivity contribution in [1.29, 1.82) is 0 Å². The van der Waals surface area contributed by atoms with Gasteiger partial charge in [-0.1, -0.05) is 24.3 Å². The fraction of sp³-hybridized carbons (Fsp3) is 0.267. The van der Waals surface area contributed by atoms with Crippen molar-refractivity contribution in [3.05, 3.63) is 59.5 Å². The van der Waals surface area contributed by atoms with Gasteiger partial charge in [0.2, 0.25) is 0 Å². The molecule has 1 aromatic carbocycles. The van der Waals surface area contributed by atoms with E-state index in [1.54, 1.807) is 18.3 Å². The predicted molar refractivity (Wildman–Crippen MR) is 75.3 cm³/mol. The molecule has 2 N–H and O–H groups in total. The van der Waals surface area contributed by atoms with Gasteiger partial charge < -0.3 is 10.6 Å². The summed E-state index contributed by atoms with van der Waals surface area (Å²) in [5.74, 6) is 0.591. The maximum Gasteiger partial charge on any atom is 0.133 e. The van der Waals surface area contributed by atoms with E-state index in [1.165, 1.54) is 6.07 Å². The predicted octanol–water partition coefficient (Wildman–Crippen LogP) is 2.88. The van der Waals surface area contributed by atoms with Crippen LogP contribution in [-0.4, -0.2) is 12.0 Å². The van der Waals surface area contributed by atoms with E-state index in [0.29, 0.717) is 12.1 Å². The van der Waals surface area contributed by atoms with Crippen LogP contribution >= 0.6 is 0 Å². The molecule has 0 amide bonds. The van der Waals surface area contributed by atoms with Crippen LogP contribution in [0.15, 0.2) is 42.6 Å². The van der Waals surface area contributed by atoms with Gasteiger partial charge in [-0.15, -0.1) is 0 Å². The summed E-state index contributed by atoms with van der Waals surface area (Å²) in [7, 11) is 1.89. The molecule has 0 saturated carbocycles. The molecule has 0 fully saturated rings. The zero-order chi connectivity index (χ0) is 13.8. The summed E-state index contributed by atoms with van der Waals surface area (Å²) in [4.78, 5) is 6.26. The van der Waals surface area contributed by atoms with Crippen molar-refractivity contribution in [3.63, 3.8) is 0 Å². The van der Waals surface area contributed by atoms with Crippen molar-refractivity contribution < 1.29 is 4.39 Å². The minimum Gasteiger partial charge on any atom is -0.355 e. The lowest BCUT2D eigenvalue weighted by Gasteiger charge is -2.22. The van der Waals surface area contributed by atoms with Crippen LogP contribution in [0.2, 0.25) is 0 Å². The van der Waals surface area contributed by atoms with Gasteiger partial charge in [-0.05, 0) is 19.1 Å². The highest BCUT2D eigenvalue weighted by Crippen LogP contribution is 2.23. The molecule has 3 nitrogen and oxygen atoms in total. The minimum atomic E-state index is -0.201. The molecule has 2 aromatic rings. The molecule has 100 valence electrons. The molecule has 0 spiro atoms. The molecule has 0 aliphatic heterocycles. The Balaban J connectivity index is 2.26. The molecule has 0 radical (unpaired) electrons. The van der Waals surface area contributed by atoms with Crippen molar-refractivity contribution in [1.82, 2.24) is 4.98 Å². The van der Waals surface area contributed by atoms with Gasteiger partial charge in [0.15, 0.2) is 0 Å². The molecule has 0 unspecified atom stereocenters. The number of hydrogen-bond acceptors (Lipinski definition) is 3. The van der Waals surface area contributed by atoms with E-state index in [0.717, 1.165) is 11.4 Å². The van der Waals surface area contributed by atoms with Crippen LogP contribution in [0.1, 0.15) is 24.1 Å². The standard InChI is InChI=1S/C15H18FN3/c1-11(17)13-7-5-9-18-15(13)19(2)10-12-6-3-4-8-14(12)16/h3-9,11H,10,17H2,1-2H3/t11-/m0/s1.